The Morgan fingerprint density at radius 2 is 2.28 bits per heavy atom. The first-order valence-electron chi connectivity index (χ1n) is 6.74. The van der Waals surface area contributed by atoms with E-state index in [-0.39, 0.29) is 5.97 Å². The van der Waals surface area contributed by atoms with Crippen LogP contribution in [0.2, 0.25) is 0 Å². The van der Waals surface area contributed by atoms with Crippen LogP contribution in [0.5, 0.6) is 0 Å². The Balaban J connectivity index is 2.35. The smallest absolute Gasteiger partial charge is 0.333 e. The minimum Gasteiger partial charge on any atom is -0.466 e. The molecule has 1 saturated carbocycles. The normalized spacial score (nSPS) is 24.9. The molecule has 0 aromatic carbocycles. The zero-order valence-electron chi connectivity index (χ0n) is 11.7. The van der Waals surface area contributed by atoms with Gasteiger partial charge in [-0.15, -0.1) is 0 Å². The number of hydrogen-bond acceptors (Lipinski definition) is 4. The van der Waals surface area contributed by atoms with E-state index in [9.17, 15) is 4.79 Å². The second-order valence-corrected chi connectivity index (χ2v) is 5.84. The second kappa shape index (κ2) is 8.59. The van der Waals surface area contributed by atoms with E-state index in [1.165, 1.54) is 32.8 Å². The van der Waals surface area contributed by atoms with E-state index < -0.39 is 0 Å². The van der Waals surface area contributed by atoms with Crippen LogP contribution in [0.4, 0.5) is 0 Å². The van der Waals surface area contributed by atoms with Gasteiger partial charge in [-0.1, -0.05) is 19.4 Å². The summed E-state index contributed by atoms with van der Waals surface area (Å²) in [5, 5.41) is 4.33. The van der Waals surface area contributed by atoms with E-state index in [0.29, 0.717) is 6.04 Å². The minimum absolute atomic E-state index is 0.204. The van der Waals surface area contributed by atoms with Gasteiger partial charge in [-0.25, -0.2) is 4.79 Å². The van der Waals surface area contributed by atoms with Crippen LogP contribution in [-0.4, -0.2) is 37.2 Å². The highest BCUT2D eigenvalue weighted by Crippen LogP contribution is 2.26. The zero-order chi connectivity index (χ0) is 13.4. The fourth-order valence-electron chi connectivity index (χ4n) is 2.40. The molecule has 0 aromatic heterocycles. The molecular weight excluding hydrogens is 246 g/mol. The van der Waals surface area contributed by atoms with Crippen LogP contribution >= 0.6 is 11.8 Å². The number of carbonyl (C=O) groups is 1. The van der Waals surface area contributed by atoms with Crippen molar-refractivity contribution in [2.45, 2.75) is 50.3 Å². The molecule has 1 N–H and O–H groups in total. The van der Waals surface area contributed by atoms with Gasteiger partial charge in [0.25, 0.3) is 0 Å². The van der Waals surface area contributed by atoms with Crippen LogP contribution < -0.4 is 5.32 Å². The van der Waals surface area contributed by atoms with Crippen LogP contribution in [0.3, 0.4) is 0 Å². The number of rotatable bonds is 6. The molecule has 1 fully saturated rings. The molecule has 1 aliphatic carbocycles. The highest BCUT2D eigenvalue weighted by molar-refractivity contribution is 7.99. The van der Waals surface area contributed by atoms with E-state index in [1.807, 2.05) is 24.8 Å². The van der Waals surface area contributed by atoms with Crippen LogP contribution in [0.25, 0.3) is 0 Å². The highest BCUT2D eigenvalue weighted by atomic mass is 32.2. The topological polar surface area (TPSA) is 38.3 Å². The minimum atomic E-state index is -0.204. The molecule has 18 heavy (non-hydrogen) atoms. The van der Waals surface area contributed by atoms with Gasteiger partial charge < -0.3 is 10.1 Å². The van der Waals surface area contributed by atoms with Gasteiger partial charge in [0.15, 0.2) is 0 Å². The SMILES string of the molecule is CCC(=CCNC1CCCC(SC)C1)C(=O)OC. The van der Waals surface area contributed by atoms with Crippen molar-refractivity contribution < 1.29 is 9.53 Å². The van der Waals surface area contributed by atoms with Crippen LogP contribution in [0, 0.1) is 0 Å². The molecule has 2 unspecified atom stereocenters. The maximum Gasteiger partial charge on any atom is 0.333 e. The molecule has 0 spiro atoms. The third kappa shape index (κ3) is 5.02. The molecule has 0 amide bonds. The summed E-state index contributed by atoms with van der Waals surface area (Å²) in [6.45, 7) is 2.75. The third-order valence-electron chi connectivity index (χ3n) is 3.54. The van der Waals surface area contributed by atoms with Crippen molar-refractivity contribution >= 4 is 17.7 Å². The third-order valence-corrected chi connectivity index (χ3v) is 4.64. The van der Waals surface area contributed by atoms with Crippen molar-refractivity contribution in [3.63, 3.8) is 0 Å². The van der Waals surface area contributed by atoms with E-state index in [4.69, 9.17) is 4.74 Å². The largest absolute Gasteiger partial charge is 0.466 e. The van der Waals surface area contributed by atoms with Gasteiger partial charge in [-0.2, -0.15) is 11.8 Å². The summed E-state index contributed by atoms with van der Waals surface area (Å²) in [5.41, 5.74) is 0.766. The Bertz CT molecular complexity index is 292. The number of hydrogen-bond donors (Lipinski definition) is 1. The summed E-state index contributed by atoms with van der Waals surface area (Å²) in [6, 6.07) is 0.600. The summed E-state index contributed by atoms with van der Waals surface area (Å²) >= 11 is 1.97. The summed E-state index contributed by atoms with van der Waals surface area (Å²) in [5.74, 6) is -0.204. The predicted octanol–water partition coefficient (Wildman–Crippen LogP) is 2.76. The molecule has 0 heterocycles. The summed E-state index contributed by atoms with van der Waals surface area (Å²) in [4.78, 5) is 11.4. The van der Waals surface area contributed by atoms with Crippen LogP contribution in [0.1, 0.15) is 39.0 Å². The average molecular weight is 271 g/mol. The van der Waals surface area contributed by atoms with Crippen molar-refractivity contribution in [1.82, 2.24) is 5.32 Å². The number of ether oxygens (including phenoxy) is 1. The Morgan fingerprint density at radius 1 is 1.50 bits per heavy atom. The summed E-state index contributed by atoms with van der Waals surface area (Å²) in [7, 11) is 1.43. The zero-order valence-corrected chi connectivity index (χ0v) is 12.5. The lowest BCUT2D eigenvalue weighted by molar-refractivity contribution is -0.136. The van der Waals surface area contributed by atoms with Gasteiger partial charge in [0, 0.05) is 23.4 Å². The second-order valence-electron chi connectivity index (χ2n) is 4.70. The van der Waals surface area contributed by atoms with Crippen molar-refractivity contribution in [3.8, 4) is 0 Å². The number of thioether (sulfide) groups is 1. The molecule has 2 atom stereocenters. The van der Waals surface area contributed by atoms with E-state index in [0.717, 1.165) is 23.8 Å². The number of carbonyl (C=O) groups excluding carboxylic acids is 1. The van der Waals surface area contributed by atoms with Crippen molar-refractivity contribution in [3.05, 3.63) is 11.6 Å². The molecule has 0 aromatic rings. The van der Waals surface area contributed by atoms with E-state index in [1.54, 1.807) is 0 Å². The molecule has 0 aliphatic heterocycles. The predicted molar refractivity (Wildman–Crippen MR) is 78.0 cm³/mol. The summed E-state index contributed by atoms with van der Waals surface area (Å²) in [6.07, 6.45) is 10.0. The number of esters is 1. The first-order valence-corrected chi connectivity index (χ1v) is 8.03. The molecule has 1 aliphatic rings. The monoisotopic (exact) mass is 271 g/mol. The molecule has 4 heteroatoms. The quantitative estimate of drug-likeness (QED) is 0.595. The summed E-state index contributed by atoms with van der Waals surface area (Å²) < 4.78 is 4.74. The molecule has 1 rings (SSSR count). The lowest BCUT2D eigenvalue weighted by atomic mass is 9.95. The van der Waals surface area contributed by atoms with Gasteiger partial charge in [0.1, 0.15) is 0 Å². The fraction of sp³-hybridized carbons (Fsp3) is 0.786. The first-order chi connectivity index (χ1) is 8.71. The maximum absolute atomic E-state index is 11.4. The van der Waals surface area contributed by atoms with Gasteiger partial charge in [0.2, 0.25) is 0 Å². The Hall–Kier alpha value is -0.480. The maximum atomic E-state index is 11.4. The molecule has 0 saturated heterocycles. The van der Waals surface area contributed by atoms with Gasteiger partial charge in [-0.05, 0) is 31.9 Å². The van der Waals surface area contributed by atoms with Crippen LogP contribution in [-0.2, 0) is 9.53 Å². The van der Waals surface area contributed by atoms with E-state index in [2.05, 4.69) is 11.6 Å². The average Bonchev–Trinajstić information content (AvgIpc) is 2.43. The fourth-order valence-corrected chi connectivity index (χ4v) is 3.22. The van der Waals surface area contributed by atoms with Crippen molar-refractivity contribution in [2.75, 3.05) is 19.9 Å². The molecule has 0 radical (unpaired) electrons. The first kappa shape index (κ1) is 15.6. The molecule has 104 valence electrons. The Kier molecular flexibility index (Phi) is 7.44. The van der Waals surface area contributed by atoms with Crippen molar-refractivity contribution in [2.24, 2.45) is 0 Å². The van der Waals surface area contributed by atoms with Gasteiger partial charge >= 0.3 is 5.97 Å². The Morgan fingerprint density at radius 3 is 2.89 bits per heavy atom. The van der Waals surface area contributed by atoms with Crippen molar-refractivity contribution in [1.29, 1.82) is 0 Å². The Labute approximate surface area is 115 Å². The van der Waals surface area contributed by atoms with E-state index >= 15 is 0 Å². The lowest BCUT2D eigenvalue weighted by Gasteiger charge is -2.28. The highest BCUT2D eigenvalue weighted by Gasteiger charge is 2.20. The lowest BCUT2D eigenvalue weighted by Crippen LogP contribution is -2.35. The van der Waals surface area contributed by atoms with Crippen LogP contribution in [0.15, 0.2) is 11.6 Å². The molecular formula is C14H25NO2S. The number of nitrogens with one attached hydrogen (secondary N) is 1. The number of methoxy groups -OCH3 is 1. The van der Waals surface area contributed by atoms with Gasteiger partial charge in [0.05, 0.1) is 7.11 Å². The van der Waals surface area contributed by atoms with Gasteiger partial charge in [-0.3, -0.25) is 0 Å². The standard InChI is InChI=1S/C14H25NO2S/c1-4-11(14(16)17-2)8-9-15-12-6-5-7-13(10-12)18-3/h8,12-13,15H,4-7,9-10H2,1-3H3. The molecule has 0 bridgehead atoms. The molecule has 3 nitrogen and oxygen atoms in total.